The summed E-state index contributed by atoms with van der Waals surface area (Å²) in [5, 5.41) is 3.21. The highest BCUT2D eigenvalue weighted by atomic mass is 16.5. The van der Waals surface area contributed by atoms with Gasteiger partial charge < -0.3 is 19.7 Å². The van der Waals surface area contributed by atoms with E-state index in [0.29, 0.717) is 12.4 Å². The first kappa shape index (κ1) is 13.7. The zero-order valence-electron chi connectivity index (χ0n) is 11.2. The van der Waals surface area contributed by atoms with Crippen LogP contribution in [0.15, 0.2) is 24.3 Å². The van der Waals surface area contributed by atoms with Crippen molar-refractivity contribution in [2.24, 2.45) is 0 Å². The lowest BCUT2D eigenvalue weighted by molar-refractivity contribution is -0.133. The molecule has 19 heavy (non-hydrogen) atoms. The first-order valence-corrected chi connectivity index (χ1v) is 6.63. The number of nitrogens with one attached hydrogen (secondary N) is 1. The quantitative estimate of drug-likeness (QED) is 0.858. The predicted molar refractivity (Wildman–Crippen MR) is 72.6 cm³/mol. The van der Waals surface area contributed by atoms with E-state index in [1.165, 1.54) is 0 Å². The molecule has 2 rings (SSSR count). The molecule has 1 aliphatic rings. The van der Waals surface area contributed by atoms with Crippen LogP contribution in [0.2, 0.25) is 0 Å². The van der Waals surface area contributed by atoms with Crippen LogP contribution in [0, 0.1) is 0 Å². The fourth-order valence-corrected chi connectivity index (χ4v) is 1.97. The lowest BCUT2D eigenvalue weighted by Gasteiger charge is -2.27. The van der Waals surface area contributed by atoms with E-state index in [9.17, 15) is 4.79 Å². The molecular weight excluding hydrogens is 244 g/mol. The molecule has 0 bridgehead atoms. The Balaban J connectivity index is 1.83. The fraction of sp³-hybridized carbons (Fsp3) is 0.500. The summed E-state index contributed by atoms with van der Waals surface area (Å²) in [5.41, 5.74) is 0. The summed E-state index contributed by atoms with van der Waals surface area (Å²) in [6, 6.07) is 7.35. The molecule has 0 radical (unpaired) electrons. The van der Waals surface area contributed by atoms with E-state index in [0.717, 1.165) is 31.9 Å². The van der Waals surface area contributed by atoms with Crippen molar-refractivity contribution in [3.05, 3.63) is 24.3 Å². The van der Waals surface area contributed by atoms with Crippen LogP contribution in [-0.4, -0.2) is 50.2 Å². The van der Waals surface area contributed by atoms with Crippen molar-refractivity contribution in [1.82, 2.24) is 10.2 Å². The maximum Gasteiger partial charge on any atom is 0.260 e. The molecule has 1 fully saturated rings. The third-order valence-corrected chi connectivity index (χ3v) is 2.95. The maximum atomic E-state index is 11.9. The van der Waals surface area contributed by atoms with Gasteiger partial charge in [0.25, 0.3) is 5.91 Å². The van der Waals surface area contributed by atoms with Crippen molar-refractivity contribution in [2.75, 3.05) is 39.4 Å². The molecule has 5 heteroatoms. The Bertz CT molecular complexity index is 417. The van der Waals surface area contributed by atoms with Crippen LogP contribution >= 0.6 is 0 Å². The molecule has 1 aliphatic heterocycles. The molecule has 5 nitrogen and oxygen atoms in total. The highest BCUT2D eigenvalue weighted by Crippen LogP contribution is 2.19. The van der Waals surface area contributed by atoms with E-state index in [1.54, 1.807) is 6.07 Å². The van der Waals surface area contributed by atoms with Crippen molar-refractivity contribution >= 4 is 5.91 Å². The number of rotatable bonds is 5. The summed E-state index contributed by atoms with van der Waals surface area (Å²) in [4.78, 5) is 13.7. The Hall–Kier alpha value is -1.75. The third-order valence-electron chi connectivity index (χ3n) is 2.95. The molecule has 0 aromatic heterocycles. The molecule has 0 atom stereocenters. The molecule has 1 N–H and O–H groups in total. The topological polar surface area (TPSA) is 50.8 Å². The first-order chi connectivity index (χ1) is 9.29. The van der Waals surface area contributed by atoms with Crippen molar-refractivity contribution in [3.8, 4) is 11.5 Å². The summed E-state index contributed by atoms with van der Waals surface area (Å²) in [5.74, 6) is 1.45. The van der Waals surface area contributed by atoms with Crippen LogP contribution in [0.5, 0.6) is 11.5 Å². The van der Waals surface area contributed by atoms with Gasteiger partial charge >= 0.3 is 0 Å². The summed E-state index contributed by atoms with van der Waals surface area (Å²) >= 11 is 0. The maximum absolute atomic E-state index is 11.9. The molecule has 1 saturated heterocycles. The Morgan fingerprint density at radius 3 is 2.63 bits per heavy atom. The highest BCUT2D eigenvalue weighted by molar-refractivity contribution is 5.77. The molecule has 1 aromatic carbocycles. The SMILES string of the molecule is CCOc1cccc(OCC(=O)N2CCNCC2)c1. The molecule has 0 spiro atoms. The van der Waals surface area contributed by atoms with Gasteiger partial charge in [-0.25, -0.2) is 0 Å². The average molecular weight is 264 g/mol. The first-order valence-electron chi connectivity index (χ1n) is 6.63. The summed E-state index contributed by atoms with van der Waals surface area (Å²) < 4.78 is 10.9. The van der Waals surface area contributed by atoms with Gasteiger partial charge in [-0.05, 0) is 19.1 Å². The number of benzene rings is 1. The Morgan fingerprint density at radius 2 is 1.95 bits per heavy atom. The minimum absolute atomic E-state index is 0.0308. The van der Waals surface area contributed by atoms with Crippen LogP contribution in [0.4, 0.5) is 0 Å². The van der Waals surface area contributed by atoms with Crippen molar-refractivity contribution in [1.29, 1.82) is 0 Å². The second-order valence-electron chi connectivity index (χ2n) is 4.33. The molecule has 1 heterocycles. The van der Waals surface area contributed by atoms with Gasteiger partial charge in [-0.2, -0.15) is 0 Å². The number of hydrogen-bond acceptors (Lipinski definition) is 4. The zero-order valence-corrected chi connectivity index (χ0v) is 11.2. The second kappa shape index (κ2) is 6.99. The number of nitrogens with zero attached hydrogens (tertiary/aromatic N) is 1. The van der Waals surface area contributed by atoms with E-state index >= 15 is 0 Å². The highest BCUT2D eigenvalue weighted by Gasteiger charge is 2.16. The van der Waals surface area contributed by atoms with Crippen molar-refractivity contribution < 1.29 is 14.3 Å². The summed E-state index contributed by atoms with van der Waals surface area (Å²) in [6.07, 6.45) is 0. The molecule has 0 unspecified atom stereocenters. The van der Waals surface area contributed by atoms with Gasteiger partial charge in [-0.3, -0.25) is 4.79 Å². The second-order valence-corrected chi connectivity index (χ2v) is 4.33. The van der Waals surface area contributed by atoms with Crippen LogP contribution in [0.1, 0.15) is 6.92 Å². The Morgan fingerprint density at radius 1 is 1.26 bits per heavy atom. The van der Waals surface area contributed by atoms with Gasteiger partial charge in [0.1, 0.15) is 11.5 Å². The molecule has 1 amide bonds. The smallest absolute Gasteiger partial charge is 0.260 e. The van der Waals surface area contributed by atoms with Crippen LogP contribution in [0.25, 0.3) is 0 Å². The number of hydrogen-bond donors (Lipinski definition) is 1. The van der Waals surface area contributed by atoms with Gasteiger partial charge in [0.2, 0.25) is 0 Å². The number of carbonyl (C=O) groups is 1. The number of amides is 1. The van der Waals surface area contributed by atoms with Gasteiger partial charge in [-0.1, -0.05) is 6.07 Å². The molecule has 0 aliphatic carbocycles. The lowest BCUT2D eigenvalue weighted by Crippen LogP contribution is -2.47. The zero-order chi connectivity index (χ0) is 13.5. The standard InChI is InChI=1S/C14H20N2O3/c1-2-18-12-4-3-5-13(10-12)19-11-14(17)16-8-6-15-7-9-16/h3-5,10,15H,2,6-9,11H2,1H3. The molecule has 104 valence electrons. The van der Waals surface area contributed by atoms with E-state index in [2.05, 4.69) is 5.32 Å². The third kappa shape index (κ3) is 4.13. The normalized spacial score (nSPS) is 15.1. The van der Waals surface area contributed by atoms with E-state index in [1.807, 2.05) is 30.0 Å². The lowest BCUT2D eigenvalue weighted by atomic mass is 10.3. The predicted octanol–water partition coefficient (Wildman–Crippen LogP) is 0.896. The summed E-state index contributed by atoms with van der Waals surface area (Å²) in [6.45, 7) is 5.83. The van der Waals surface area contributed by atoms with E-state index in [-0.39, 0.29) is 12.5 Å². The van der Waals surface area contributed by atoms with Crippen LogP contribution in [-0.2, 0) is 4.79 Å². The Kier molecular flexibility index (Phi) is 5.03. The molecule has 0 saturated carbocycles. The van der Waals surface area contributed by atoms with Gasteiger partial charge in [0, 0.05) is 32.2 Å². The number of carbonyl (C=O) groups excluding carboxylic acids is 1. The van der Waals surface area contributed by atoms with Gasteiger partial charge in [-0.15, -0.1) is 0 Å². The van der Waals surface area contributed by atoms with Gasteiger partial charge in [0.15, 0.2) is 6.61 Å². The number of ether oxygens (including phenoxy) is 2. The Labute approximate surface area is 113 Å². The monoisotopic (exact) mass is 264 g/mol. The average Bonchev–Trinajstić information content (AvgIpc) is 2.46. The number of piperazine rings is 1. The van der Waals surface area contributed by atoms with E-state index in [4.69, 9.17) is 9.47 Å². The van der Waals surface area contributed by atoms with E-state index < -0.39 is 0 Å². The van der Waals surface area contributed by atoms with Crippen molar-refractivity contribution in [2.45, 2.75) is 6.92 Å². The largest absolute Gasteiger partial charge is 0.494 e. The van der Waals surface area contributed by atoms with Crippen molar-refractivity contribution in [3.63, 3.8) is 0 Å². The van der Waals surface area contributed by atoms with Crippen LogP contribution in [0.3, 0.4) is 0 Å². The van der Waals surface area contributed by atoms with Gasteiger partial charge in [0.05, 0.1) is 6.61 Å². The molecule has 1 aromatic rings. The minimum atomic E-state index is 0.0308. The fourth-order valence-electron chi connectivity index (χ4n) is 1.97. The summed E-state index contributed by atoms with van der Waals surface area (Å²) in [7, 11) is 0. The molecular formula is C14H20N2O3. The minimum Gasteiger partial charge on any atom is -0.494 e. The van der Waals surface area contributed by atoms with Crippen LogP contribution < -0.4 is 14.8 Å².